The number of amides is 1. The quantitative estimate of drug-likeness (QED) is 0.867. The van der Waals surface area contributed by atoms with Crippen molar-refractivity contribution in [3.63, 3.8) is 0 Å². The van der Waals surface area contributed by atoms with Gasteiger partial charge in [0, 0.05) is 24.0 Å². The molecular formula is C13H21N3OS. The summed E-state index contributed by atoms with van der Waals surface area (Å²) >= 11 is 1.73. The minimum absolute atomic E-state index is 0.0215. The van der Waals surface area contributed by atoms with Crippen molar-refractivity contribution < 1.29 is 4.79 Å². The zero-order valence-corrected chi connectivity index (χ0v) is 11.8. The predicted molar refractivity (Wildman–Crippen MR) is 74.6 cm³/mol. The van der Waals surface area contributed by atoms with Crippen molar-refractivity contribution in [1.82, 2.24) is 10.2 Å². The number of aryl methyl sites for hydroxylation is 1. The van der Waals surface area contributed by atoms with E-state index in [2.05, 4.69) is 28.6 Å². The summed E-state index contributed by atoms with van der Waals surface area (Å²) in [6.07, 6.45) is 0.985. The number of nitrogens with two attached hydrogens (primary N) is 1. The van der Waals surface area contributed by atoms with Gasteiger partial charge < -0.3 is 11.1 Å². The summed E-state index contributed by atoms with van der Waals surface area (Å²) in [5.41, 5.74) is 7.43. The van der Waals surface area contributed by atoms with E-state index in [1.165, 1.54) is 10.4 Å². The molecule has 2 rings (SSSR count). The second kappa shape index (κ2) is 5.82. The molecule has 0 aromatic carbocycles. The maximum Gasteiger partial charge on any atom is 0.234 e. The summed E-state index contributed by atoms with van der Waals surface area (Å²) in [6, 6.07) is 2.29. The van der Waals surface area contributed by atoms with Crippen molar-refractivity contribution in [2.75, 3.05) is 19.6 Å². The first kappa shape index (κ1) is 13.5. The van der Waals surface area contributed by atoms with Gasteiger partial charge in [0.1, 0.15) is 0 Å². The van der Waals surface area contributed by atoms with Crippen LogP contribution in [0.15, 0.2) is 11.4 Å². The van der Waals surface area contributed by atoms with E-state index in [0.717, 1.165) is 19.5 Å². The van der Waals surface area contributed by atoms with Crippen LogP contribution in [0.25, 0.3) is 0 Å². The second-order valence-corrected chi connectivity index (χ2v) is 5.89. The average molecular weight is 267 g/mol. The van der Waals surface area contributed by atoms with Crippen LogP contribution in [0.1, 0.15) is 29.8 Å². The molecule has 4 nitrogen and oxygen atoms in total. The van der Waals surface area contributed by atoms with E-state index in [-0.39, 0.29) is 18.0 Å². The lowest BCUT2D eigenvalue weighted by atomic mass is 10.0. The van der Waals surface area contributed by atoms with Gasteiger partial charge >= 0.3 is 0 Å². The number of thiophene rings is 1. The van der Waals surface area contributed by atoms with Crippen LogP contribution in [-0.4, -0.2) is 36.5 Å². The Morgan fingerprint density at radius 2 is 2.33 bits per heavy atom. The van der Waals surface area contributed by atoms with Gasteiger partial charge in [0.2, 0.25) is 5.91 Å². The molecule has 0 bridgehead atoms. The number of rotatable bonds is 3. The molecule has 2 unspecified atom stereocenters. The third-order valence-corrected chi connectivity index (χ3v) is 4.44. The highest BCUT2D eigenvalue weighted by molar-refractivity contribution is 7.10. The molecule has 2 heterocycles. The fraction of sp³-hybridized carbons (Fsp3) is 0.615. The summed E-state index contributed by atoms with van der Waals surface area (Å²) in [7, 11) is 0. The van der Waals surface area contributed by atoms with Crippen molar-refractivity contribution >= 4 is 17.2 Å². The summed E-state index contributed by atoms with van der Waals surface area (Å²) < 4.78 is 0. The zero-order valence-electron chi connectivity index (χ0n) is 11.0. The Bertz CT molecular complexity index is 416. The predicted octanol–water partition coefficient (Wildman–Crippen LogP) is 1.27. The van der Waals surface area contributed by atoms with Gasteiger partial charge in [-0.2, -0.15) is 0 Å². The van der Waals surface area contributed by atoms with E-state index < -0.39 is 0 Å². The summed E-state index contributed by atoms with van der Waals surface area (Å²) in [5.74, 6) is 0.104. The molecule has 1 amide bonds. The monoisotopic (exact) mass is 267 g/mol. The normalized spacial score (nSPS) is 21.2. The number of nitrogens with zero attached hydrogens (tertiary/aromatic N) is 1. The lowest BCUT2D eigenvalue weighted by Gasteiger charge is -2.32. The van der Waals surface area contributed by atoms with E-state index in [0.29, 0.717) is 6.54 Å². The third-order valence-electron chi connectivity index (χ3n) is 3.35. The van der Waals surface area contributed by atoms with Gasteiger partial charge in [-0.15, -0.1) is 11.3 Å². The first-order valence-electron chi connectivity index (χ1n) is 6.40. The van der Waals surface area contributed by atoms with E-state index >= 15 is 0 Å². The zero-order chi connectivity index (χ0) is 13.1. The van der Waals surface area contributed by atoms with E-state index in [1.807, 2.05) is 6.92 Å². The van der Waals surface area contributed by atoms with Crippen LogP contribution in [0, 0.1) is 6.92 Å². The Morgan fingerprint density at radius 1 is 1.56 bits per heavy atom. The molecule has 1 fully saturated rings. The highest BCUT2D eigenvalue weighted by Gasteiger charge is 2.28. The Balaban J connectivity index is 2.24. The Labute approximate surface area is 112 Å². The van der Waals surface area contributed by atoms with Crippen LogP contribution in [-0.2, 0) is 4.79 Å². The number of carbonyl (C=O) groups is 1. The lowest BCUT2D eigenvalue weighted by molar-refractivity contribution is -0.122. The molecule has 5 heteroatoms. The molecule has 1 saturated heterocycles. The van der Waals surface area contributed by atoms with Crippen molar-refractivity contribution in [2.24, 2.45) is 5.73 Å². The summed E-state index contributed by atoms with van der Waals surface area (Å²) in [6.45, 7) is 6.27. The van der Waals surface area contributed by atoms with Crippen LogP contribution < -0.4 is 11.1 Å². The van der Waals surface area contributed by atoms with Gasteiger partial charge in [-0.1, -0.05) is 0 Å². The van der Waals surface area contributed by atoms with Crippen molar-refractivity contribution in [2.45, 2.75) is 32.4 Å². The first-order chi connectivity index (χ1) is 8.59. The molecule has 1 aromatic heterocycles. The number of nitrogens with one attached hydrogen (secondary N) is 1. The largest absolute Gasteiger partial charge is 0.355 e. The average Bonchev–Trinajstić information content (AvgIpc) is 2.59. The molecule has 2 atom stereocenters. The number of hydrogen-bond donors (Lipinski definition) is 2. The third kappa shape index (κ3) is 2.91. The Morgan fingerprint density at radius 3 is 2.94 bits per heavy atom. The molecule has 18 heavy (non-hydrogen) atoms. The molecule has 1 aliphatic rings. The molecule has 0 saturated carbocycles. The fourth-order valence-corrected chi connectivity index (χ4v) is 3.67. The smallest absolute Gasteiger partial charge is 0.234 e. The lowest BCUT2D eigenvalue weighted by Crippen LogP contribution is -2.42. The maximum absolute atomic E-state index is 11.7. The van der Waals surface area contributed by atoms with Gasteiger partial charge in [0.15, 0.2) is 0 Å². The standard InChI is InChI=1S/C13H21N3OS/c1-9-4-7-18-13(9)12(10(2)14)16-6-3-5-15-11(17)8-16/h4,7,10,12H,3,5-6,8,14H2,1-2H3,(H,15,17). The van der Waals surface area contributed by atoms with Crippen molar-refractivity contribution in [3.05, 3.63) is 21.9 Å². The fourth-order valence-electron chi connectivity index (χ4n) is 2.49. The van der Waals surface area contributed by atoms with Gasteiger partial charge in [-0.3, -0.25) is 9.69 Å². The van der Waals surface area contributed by atoms with Crippen LogP contribution >= 0.6 is 11.3 Å². The minimum atomic E-state index is 0.0215. The van der Waals surface area contributed by atoms with Gasteiger partial charge in [-0.05, 0) is 37.3 Å². The van der Waals surface area contributed by atoms with Crippen LogP contribution in [0.2, 0.25) is 0 Å². The molecule has 100 valence electrons. The van der Waals surface area contributed by atoms with E-state index in [9.17, 15) is 4.79 Å². The second-order valence-electron chi connectivity index (χ2n) is 4.95. The highest BCUT2D eigenvalue weighted by Crippen LogP contribution is 2.31. The van der Waals surface area contributed by atoms with Gasteiger partial charge in [-0.25, -0.2) is 0 Å². The number of hydrogen-bond acceptors (Lipinski definition) is 4. The SMILES string of the molecule is Cc1ccsc1C(C(C)N)N1CCCNC(=O)C1. The first-order valence-corrected chi connectivity index (χ1v) is 7.28. The van der Waals surface area contributed by atoms with Crippen LogP contribution in [0.3, 0.4) is 0 Å². The maximum atomic E-state index is 11.7. The van der Waals surface area contributed by atoms with Crippen molar-refractivity contribution in [3.8, 4) is 0 Å². The van der Waals surface area contributed by atoms with Crippen molar-refractivity contribution in [1.29, 1.82) is 0 Å². The molecule has 1 aromatic rings. The van der Waals surface area contributed by atoms with Gasteiger partial charge in [0.25, 0.3) is 0 Å². The molecule has 0 radical (unpaired) electrons. The summed E-state index contributed by atoms with van der Waals surface area (Å²) in [5, 5.41) is 5.01. The summed E-state index contributed by atoms with van der Waals surface area (Å²) in [4.78, 5) is 15.2. The topological polar surface area (TPSA) is 58.4 Å². The molecule has 3 N–H and O–H groups in total. The minimum Gasteiger partial charge on any atom is -0.355 e. The van der Waals surface area contributed by atoms with E-state index in [4.69, 9.17) is 5.73 Å². The highest BCUT2D eigenvalue weighted by atomic mass is 32.1. The van der Waals surface area contributed by atoms with Crippen LogP contribution in [0.4, 0.5) is 0 Å². The Hall–Kier alpha value is -0.910. The molecule has 1 aliphatic heterocycles. The Kier molecular flexibility index (Phi) is 4.37. The molecule has 0 aliphatic carbocycles. The van der Waals surface area contributed by atoms with Gasteiger partial charge in [0.05, 0.1) is 12.6 Å². The molecule has 0 spiro atoms. The molecular weight excluding hydrogens is 246 g/mol. The van der Waals surface area contributed by atoms with Crippen LogP contribution in [0.5, 0.6) is 0 Å². The van der Waals surface area contributed by atoms with E-state index in [1.54, 1.807) is 11.3 Å². The number of carbonyl (C=O) groups excluding carboxylic acids is 1.